The number of carboxylic acids is 1. The fraction of sp³-hybridized carbons (Fsp3) is 0.222. The van der Waals surface area contributed by atoms with Crippen molar-refractivity contribution in [2.75, 3.05) is 0 Å². The molecule has 0 heterocycles. The molecule has 1 aromatic carbocycles. The molecule has 0 bridgehead atoms. The first kappa shape index (κ1) is 14.0. The van der Waals surface area contributed by atoms with E-state index in [0.717, 1.165) is 6.07 Å². The number of carboxylic acid groups (broad SMARTS) is 1. The lowest BCUT2D eigenvalue weighted by Gasteiger charge is -2.14. The molecule has 0 aromatic heterocycles. The van der Waals surface area contributed by atoms with E-state index in [9.17, 15) is 23.1 Å². The van der Waals surface area contributed by atoms with Gasteiger partial charge in [0.2, 0.25) is 0 Å². The Labute approximate surface area is 107 Å². The third-order valence-corrected chi connectivity index (χ3v) is 2.90. The second-order valence-electron chi connectivity index (χ2n) is 2.95. The molecule has 1 rings (SSSR count). The Kier molecular flexibility index (Phi) is 4.20. The zero-order valence-electron chi connectivity index (χ0n) is 8.03. The minimum absolute atomic E-state index is 0.0997. The Morgan fingerprint density at radius 2 is 2.00 bits per heavy atom. The SMILES string of the molecule is O=C(O)C(O)c1cccc(OC(F)(F)F)c1I. The summed E-state index contributed by atoms with van der Waals surface area (Å²) in [7, 11) is 0. The van der Waals surface area contributed by atoms with Crippen molar-refractivity contribution in [2.24, 2.45) is 0 Å². The average Bonchev–Trinajstić information content (AvgIpc) is 2.18. The number of alkyl halides is 3. The quantitative estimate of drug-likeness (QED) is 0.810. The van der Waals surface area contributed by atoms with Gasteiger partial charge in [-0.05, 0) is 28.7 Å². The van der Waals surface area contributed by atoms with Crippen LogP contribution in [-0.2, 0) is 4.79 Å². The molecule has 1 aromatic rings. The standard InChI is InChI=1S/C9H6F3IO4/c10-9(11,12)17-5-3-1-2-4(6(5)13)7(14)8(15)16/h1-3,7,14H,(H,15,16). The number of ether oxygens (including phenoxy) is 1. The Bertz CT molecular complexity index is 433. The van der Waals surface area contributed by atoms with Crippen LogP contribution in [0.4, 0.5) is 13.2 Å². The molecule has 0 aliphatic heterocycles. The fourth-order valence-corrected chi connectivity index (χ4v) is 1.84. The van der Waals surface area contributed by atoms with Crippen LogP contribution in [-0.4, -0.2) is 22.5 Å². The molecule has 0 aliphatic carbocycles. The van der Waals surface area contributed by atoms with Gasteiger partial charge in [0.15, 0.2) is 6.10 Å². The summed E-state index contributed by atoms with van der Waals surface area (Å²) in [6.45, 7) is 0. The molecule has 1 atom stereocenters. The molecule has 4 nitrogen and oxygen atoms in total. The van der Waals surface area contributed by atoms with Crippen molar-refractivity contribution in [3.63, 3.8) is 0 Å². The summed E-state index contributed by atoms with van der Waals surface area (Å²) in [4.78, 5) is 10.5. The molecule has 8 heteroatoms. The van der Waals surface area contributed by atoms with Gasteiger partial charge in [-0.2, -0.15) is 0 Å². The molecule has 0 spiro atoms. The Balaban J connectivity index is 3.12. The van der Waals surface area contributed by atoms with Crippen LogP contribution in [0.25, 0.3) is 0 Å². The smallest absolute Gasteiger partial charge is 0.479 e. The molecule has 2 N–H and O–H groups in total. The summed E-state index contributed by atoms with van der Waals surface area (Å²) in [5.74, 6) is -2.09. The molecule has 17 heavy (non-hydrogen) atoms. The normalized spacial score (nSPS) is 13.2. The summed E-state index contributed by atoms with van der Waals surface area (Å²) in [6, 6.07) is 3.42. The second-order valence-corrected chi connectivity index (χ2v) is 4.03. The maximum Gasteiger partial charge on any atom is 0.573 e. The van der Waals surface area contributed by atoms with E-state index in [0.29, 0.717) is 0 Å². The van der Waals surface area contributed by atoms with Crippen LogP contribution in [0.2, 0.25) is 0 Å². The van der Waals surface area contributed by atoms with E-state index in [2.05, 4.69) is 4.74 Å². The van der Waals surface area contributed by atoms with Crippen LogP contribution in [0.15, 0.2) is 18.2 Å². The van der Waals surface area contributed by atoms with Crippen LogP contribution in [0.1, 0.15) is 11.7 Å². The van der Waals surface area contributed by atoms with Crippen LogP contribution >= 0.6 is 22.6 Å². The predicted molar refractivity (Wildman–Crippen MR) is 58.4 cm³/mol. The first-order chi connectivity index (χ1) is 7.72. The van der Waals surface area contributed by atoms with Crippen LogP contribution < -0.4 is 4.74 Å². The largest absolute Gasteiger partial charge is 0.573 e. The molecule has 0 radical (unpaired) electrons. The number of hydrogen-bond donors (Lipinski definition) is 2. The van der Waals surface area contributed by atoms with Crippen molar-refractivity contribution in [3.8, 4) is 5.75 Å². The summed E-state index contributed by atoms with van der Waals surface area (Å²) in [5.41, 5.74) is -0.153. The van der Waals surface area contributed by atoms with Crippen molar-refractivity contribution in [1.82, 2.24) is 0 Å². The average molecular weight is 362 g/mol. The number of aliphatic hydroxyl groups is 1. The van der Waals surface area contributed by atoms with Gasteiger partial charge >= 0.3 is 12.3 Å². The number of aliphatic hydroxyl groups excluding tert-OH is 1. The van der Waals surface area contributed by atoms with Gasteiger partial charge in [-0.15, -0.1) is 13.2 Å². The highest BCUT2D eigenvalue weighted by atomic mass is 127. The van der Waals surface area contributed by atoms with E-state index in [4.69, 9.17) is 5.11 Å². The number of carbonyl (C=O) groups is 1. The highest BCUT2D eigenvalue weighted by Crippen LogP contribution is 2.32. The number of rotatable bonds is 3. The molecular formula is C9H6F3IO4. The van der Waals surface area contributed by atoms with E-state index in [1.807, 2.05) is 0 Å². The van der Waals surface area contributed by atoms with Gasteiger partial charge in [0, 0.05) is 5.56 Å². The van der Waals surface area contributed by atoms with Gasteiger partial charge in [-0.25, -0.2) is 4.79 Å². The number of halogens is 4. The van der Waals surface area contributed by atoms with E-state index >= 15 is 0 Å². The molecule has 0 fully saturated rings. The zero-order chi connectivity index (χ0) is 13.2. The Morgan fingerprint density at radius 1 is 1.41 bits per heavy atom. The minimum Gasteiger partial charge on any atom is -0.479 e. The highest BCUT2D eigenvalue weighted by Gasteiger charge is 2.33. The second kappa shape index (κ2) is 5.08. The van der Waals surface area contributed by atoms with Gasteiger partial charge in [0.1, 0.15) is 5.75 Å². The van der Waals surface area contributed by atoms with Crippen LogP contribution in [0, 0.1) is 3.57 Å². The van der Waals surface area contributed by atoms with E-state index in [-0.39, 0.29) is 9.13 Å². The molecule has 0 saturated heterocycles. The number of benzene rings is 1. The minimum atomic E-state index is -4.87. The first-order valence-electron chi connectivity index (χ1n) is 4.17. The molecular weight excluding hydrogens is 356 g/mol. The lowest BCUT2D eigenvalue weighted by atomic mass is 10.1. The summed E-state index contributed by atoms with van der Waals surface area (Å²) < 4.78 is 39.6. The zero-order valence-corrected chi connectivity index (χ0v) is 10.2. The van der Waals surface area contributed by atoms with Gasteiger partial charge in [0.05, 0.1) is 3.57 Å². The molecule has 94 valence electrons. The summed E-state index contributed by atoms with van der Waals surface area (Å²) >= 11 is 1.48. The van der Waals surface area contributed by atoms with E-state index < -0.39 is 24.2 Å². The van der Waals surface area contributed by atoms with Crippen molar-refractivity contribution in [2.45, 2.75) is 12.5 Å². The maximum atomic E-state index is 12.0. The number of aliphatic carboxylic acids is 1. The topological polar surface area (TPSA) is 66.8 Å². The third kappa shape index (κ3) is 3.73. The van der Waals surface area contributed by atoms with Crippen molar-refractivity contribution in [3.05, 3.63) is 27.3 Å². The molecule has 0 amide bonds. The predicted octanol–water partition coefficient (Wildman–Crippen LogP) is 2.31. The summed E-state index contributed by atoms with van der Waals surface area (Å²) in [5, 5.41) is 17.8. The van der Waals surface area contributed by atoms with E-state index in [1.165, 1.54) is 34.7 Å². The van der Waals surface area contributed by atoms with Crippen molar-refractivity contribution < 1.29 is 32.9 Å². The van der Waals surface area contributed by atoms with Crippen LogP contribution in [0.3, 0.4) is 0 Å². The van der Waals surface area contributed by atoms with Crippen molar-refractivity contribution in [1.29, 1.82) is 0 Å². The Morgan fingerprint density at radius 3 is 2.47 bits per heavy atom. The van der Waals surface area contributed by atoms with Crippen LogP contribution in [0.5, 0.6) is 5.75 Å². The first-order valence-corrected chi connectivity index (χ1v) is 5.25. The lowest BCUT2D eigenvalue weighted by Crippen LogP contribution is -2.19. The highest BCUT2D eigenvalue weighted by molar-refractivity contribution is 14.1. The van der Waals surface area contributed by atoms with Gasteiger partial charge in [-0.3, -0.25) is 0 Å². The maximum absolute atomic E-state index is 12.0. The van der Waals surface area contributed by atoms with E-state index in [1.54, 1.807) is 0 Å². The molecule has 0 aliphatic rings. The lowest BCUT2D eigenvalue weighted by molar-refractivity contribution is -0.275. The fourth-order valence-electron chi connectivity index (χ4n) is 1.08. The summed E-state index contributed by atoms with van der Waals surface area (Å²) in [6.07, 6.45) is -6.76. The molecule has 0 saturated carbocycles. The number of hydrogen-bond acceptors (Lipinski definition) is 3. The third-order valence-electron chi connectivity index (χ3n) is 1.75. The van der Waals surface area contributed by atoms with Gasteiger partial charge in [-0.1, -0.05) is 12.1 Å². The van der Waals surface area contributed by atoms with Crippen molar-refractivity contribution >= 4 is 28.6 Å². The molecule has 1 unspecified atom stereocenters. The van der Waals surface area contributed by atoms with Gasteiger partial charge < -0.3 is 14.9 Å². The van der Waals surface area contributed by atoms with Gasteiger partial charge in [0.25, 0.3) is 0 Å². The Hall–Kier alpha value is -1.03. The monoisotopic (exact) mass is 362 g/mol.